The maximum atomic E-state index is 14.1. The fourth-order valence-corrected chi connectivity index (χ4v) is 6.69. The van der Waals surface area contributed by atoms with Gasteiger partial charge in [0, 0.05) is 6.54 Å². The molecule has 3 amide bonds. The zero-order chi connectivity index (χ0) is 28.7. The topological polar surface area (TPSA) is 131 Å². The minimum atomic E-state index is -0.983. The molecule has 3 aliphatic carbocycles. The molecule has 0 bridgehead atoms. The summed E-state index contributed by atoms with van der Waals surface area (Å²) in [6.07, 6.45) is 6.30. The van der Waals surface area contributed by atoms with Gasteiger partial charge in [-0.15, -0.1) is 0 Å². The molecule has 10 heteroatoms. The van der Waals surface area contributed by atoms with E-state index in [1.807, 2.05) is 0 Å². The third-order valence-corrected chi connectivity index (χ3v) is 9.11. The molecule has 10 nitrogen and oxygen atoms in total. The second-order valence-electron chi connectivity index (χ2n) is 13.5. The van der Waals surface area contributed by atoms with Gasteiger partial charge in [-0.3, -0.25) is 14.4 Å². The molecule has 1 saturated heterocycles. The zero-order valence-electron chi connectivity index (χ0n) is 24.2. The molecule has 0 aromatic rings. The molecule has 5 atom stereocenters. The average Bonchev–Trinajstić information content (AvgIpc) is 3.72. The van der Waals surface area contributed by atoms with Crippen molar-refractivity contribution in [3.8, 4) is 0 Å². The maximum Gasteiger partial charge on any atom is 0.408 e. The summed E-state index contributed by atoms with van der Waals surface area (Å²) in [7, 11) is 1.15. The van der Waals surface area contributed by atoms with Gasteiger partial charge in [0.05, 0.1) is 13.2 Å². The Morgan fingerprint density at radius 3 is 2.18 bits per heavy atom. The number of hydrogen-bond donors (Lipinski definition) is 2. The number of ketones is 1. The van der Waals surface area contributed by atoms with Crippen molar-refractivity contribution in [2.75, 3.05) is 13.7 Å². The number of fused-ring (bicyclic) bond motifs is 1. The van der Waals surface area contributed by atoms with Crippen LogP contribution >= 0.6 is 0 Å². The molecule has 1 unspecified atom stereocenters. The molecular formula is C29H45N3O7. The monoisotopic (exact) mass is 547 g/mol. The molecule has 218 valence electrons. The molecule has 3 saturated carbocycles. The van der Waals surface area contributed by atoms with Crippen molar-refractivity contribution in [3.63, 3.8) is 0 Å². The van der Waals surface area contributed by atoms with Crippen LogP contribution < -0.4 is 10.6 Å². The number of piperidine rings is 1. The summed E-state index contributed by atoms with van der Waals surface area (Å²) in [5.41, 5.74) is -0.842. The first-order valence-corrected chi connectivity index (χ1v) is 14.5. The average molecular weight is 548 g/mol. The highest BCUT2D eigenvalue weighted by molar-refractivity contribution is 6.36. The third kappa shape index (κ3) is 6.57. The van der Waals surface area contributed by atoms with Crippen molar-refractivity contribution in [2.45, 2.75) is 110 Å². The number of carbonyl (C=O) groups excluding carboxylic acids is 5. The van der Waals surface area contributed by atoms with E-state index in [2.05, 4.69) is 29.2 Å². The number of likely N-dealkylation sites (tertiary alicyclic amines) is 1. The molecule has 0 spiro atoms. The standard InChI is InChI=1S/C29H45N3O7/c1-28(2,3)39-27(37)31-21(17-10-8-7-9-11-17)25(35)32-15-18-20(29(18,4)5)22(32)24(34)30-19(14-16-12-13-16)23(33)26(36)38-6/h16-22H,7-15H2,1-6H3,(H,30,34)(H,31,37)/t18-,19?,20-,21-,22-/m0/s1. The van der Waals surface area contributed by atoms with Crippen molar-refractivity contribution < 1.29 is 33.4 Å². The number of rotatable bonds is 9. The summed E-state index contributed by atoms with van der Waals surface area (Å²) in [6, 6.07) is -2.56. The molecule has 4 aliphatic rings. The SMILES string of the molecule is COC(=O)C(=O)C(CC1CC1)NC(=O)[C@@H]1[C@@H]2[C@H](CN1C(=O)[C@@H](NC(=O)OC(C)(C)C)C1CCCCC1)C2(C)C. The highest BCUT2D eigenvalue weighted by atomic mass is 16.6. The normalized spacial score (nSPS) is 27.5. The molecule has 1 heterocycles. The number of amides is 3. The zero-order valence-corrected chi connectivity index (χ0v) is 24.2. The van der Waals surface area contributed by atoms with Gasteiger partial charge in [0.1, 0.15) is 17.7 Å². The van der Waals surface area contributed by atoms with Gasteiger partial charge in [-0.25, -0.2) is 9.59 Å². The van der Waals surface area contributed by atoms with Crippen LogP contribution in [0.2, 0.25) is 0 Å². The lowest BCUT2D eigenvalue weighted by Crippen LogP contribution is -2.59. The Bertz CT molecular complexity index is 993. The fourth-order valence-electron chi connectivity index (χ4n) is 6.69. The molecule has 39 heavy (non-hydrogen) atoms. The number of nitrogens with zero attached hydrogens (tertiary/aromatic N) is 1. The quantitative estimate of drug-likeness (QED) is 0.335. The smallest absolute Gasteiger partial charge is 0.408 e. The molecule has 0 aromatic heterocycles. The minimum Gasteiger partial charge on any atom is -0.463 e. The van der Waals surface area contributed by atoms with E-state index in [1.165, 1.54) is 0 Å². The summed E-state index contributed by atoms with van der Waals surface area (Å²) in [5.74, 6) is -2.15. The summed E-state index contributed by atoms with van der Waals surface area (Å²) in [5, 5.41) is 5.67. The van der Waals surface area contributed by atoms with Crippen LogP contribution in [0, 0.1) is 29.1 Å². The number of ether oxygens (including phenoxy) is 2. The van der Waals surface area contributed by atoms with E-state index in [9.17, 15) is 24.0 Å². The Labute approximate surface area is 231 Å². The summed E-state index contributed by atoms with van der Waals surface area (Å²) in [4.78, 5) is 67.1. The van der Waals surface area contributed by atoms with Crippen molar-refractivity contribution in [2.24, 2.45) is 29.1 Å². The van der Waals surface area contributed by atoms with Crippen LogP contribution in [-0.4, -0.2) is 71.9 Å². The summed E-state index contributed by atoms with van der Waals surface area (Å²) < 4.78 is 10.1. The highest BCUT2D eigenvalue weighted by Crippen LogP contribution is 2.65. The Balaban J connectivity index is 1.55. The van der Waals surface area contributed by atoms with Gasteiger partial charge in [-0.2, -0.15) is 0 Å². The first-order valence-electron chi connectivity index (χ1n) is 14.5. The van der Waals surface area contributed by atoms with E-state index in [1.54, 1.807) is 25.7 Å². The second kappa shape index (κ2) is 11.1. The van der Waals surface area contributed by atoms with E-state index in [0.29, 0.717) is 13.0 Å². The Morgan fingerprint density at radius 1 is 0.974 bits per heavy atom. The van der Waals surface area contributed by atoms with Gasteiger partial charge in [0.15, 0.2) is 0 Å². The molecule has 0 radical (unpaired) electrons. The van der Waals surface area contributed by atoms with E-state index in [0.717, 1.165) is 52.1 Å². The number of carbonyl (C=O) groups is 5. The lowest BCUT2D eigenvalue weighted by atomic mass is 9.83. The number of methoxy groups -OCH3 is 1. The van der Waals surface area contributed by atoms with Gasteiger partial charge in [0.25, 0.3) is 5.78 Å². The Kier molecular flexibility index (Phi) is 8.34. The maximum absolute atomic E-state index is 14.1. The van der Waals surface area contributed by atoms with Crippen molar-refractivity contribution >= 4 is 29.7 Å². The van der Waals surface area contributed by atoms with Crippen molar-refractivity contribution in [3.05, 3.63) is 0 Å². The number of nitrogens with one attached hydrogen (secondary N) is 2. The second-order valence-corrected chi connectivity index (χ2v) is 13.5. The van der Waals surface area contributed by atoms with Crippen LogP contribution in [0.15, 0.2) is 0 Å². The summed E-state index contributed by atoms with van der Waals surface area (Å²) in [6.45, 7) is 9.90. The predicted molar refractivity (Wildman–Crippen MR) is 142 cm³/mol. The number of alkyl carbamates (subject to hydrolysis) is 1. The van der Waals surface area contributed by atoms with E-state index >= 15 is 0 Å². The van der Waals surface area contributed by atoms with Gasteiger partial charge >= 0.3 is 12.1 Å². The van der Waals surface area contributed by atoms with Crippen LogP contribution in [0.5, 0.6) is 0 Å². The Hall–Kier alpha value is -2.65. The van der Waals surface area contributed by atoms with E-state index in [4.69, 9.17) is 4.74 Å². The van der Waals surface area contributed by atoms with E-state index in [-0.39, 0.29) is 35.0 Å². The Morgan fingerprint density at radius 2 is 1.62 bits per heavy atom. The number of esters is 1. The summed E-state index contributed by atoms with van der Waals surface area (Å²) >= 11 is 0. The molecule has 0 aromatic carbocycles. The predicted octanol–water partition coefficient (Wildman–Crippen LogP) is 2.97. The number of Topliss-reactive ketones (excluding diaryl/α,β-unsaturated/α-hetero) is 1. The molecule has 4 fully saturated rings. The molecule has 1 aliphatic heterocycles. The first kappa shape index (κ1) is 29.3. The number of hydrogen-bond acceptors (Lipinski definition) is 7. The molecule has 2 N–H and O–H groups in total. The fraction of sp³-hybridized carbons (Fsp3) is 0.828. The largest absolute Gasteiger partial charge is 0.463 e. The highest BCUT2D eigenvalue weighted by Gasteiger charge is 2.69. The molecular weight excluding hydrogens is 502 g/mol. The van der Waals surface area contributed by atoms with Crippen LogP contribution in [-0.2, 0) is 28.7 Å². The van der Waals surface area contributed by atoms with Crippen LogP contribution in [0.3, 0.4) is 0 Å². The van der Waals surface area contributed by atoms with Crippen LogP contribution in [0.25, 0.3) is 0 Å². The van der Waals surface area contributed by atoms with Gasteiger partial charge in [-0.05, 0) is 69.1 Å². The lowest BCUT2D eigenvalue weighted by molar-refractivity contribution is -0.153. The van der Waals surface area contributed by atoms with Gasteiger partial charge in [0.2, 0.25) is 11.8 Å². The van der Waals surface area contributed by atoms with Crippen molar-refractivity contribution in [1.82, 2.24) is 15.5 Å². The van der Waals surface area contributed by atoms with Crippen LogP contribution in [0.1, 0.15) is 86.0 Å². The van der Waals surface area contributed by atoms with E-state index < -0.39 is 47.5 Å². The van der Waals surface area contributed by atoms with Gasteiger partial charge in [-0.1, -0.05) is 46.0 Å². The van der Waals surface area contributed by atoms with Crippen molar-refractivity contribution in [1.29, 1.82) is 0 Å². The van der Waals surface area contributed by atoms with Crippen LogP contribution in [0.4, 0.5) is 4.79 Å². The third-order valence-electron chi connectivity index (χ3n) is 9.11. The van der Waals surface area contributed by atoms with Gasteiger partial charge < -0.3 is 25.0 Å². The first-order chi connectivity index (χ1) is 18.2. The minimum absolute atomic E-state index is 0.0454. The molecule has 4 rings (SSSR count). The lowest BCUT2D eigenvalue weighted by Gasteiger charge is -2.37.